The molecule has 0 aliphatic carbocycles. The maximum atomic E-state index is 12.3. The van der Waals surface area contributed by atoms with Crippen LogP contribution < -0.4 is 15.2 Å². The van der Waals surface area contributed by atoms with Crippen LogP contribution in [-0.4, -0.2) is 61.0 Å². The number of benzene rings is 1. The van der Waals surface area contributed by atoms with Gasteiger partial charge in [-0.15, -0.1) is 0 Å². The number of methoxy groups -OCH3 is 1. The lowest BCUT2D eigenvalue weighted by Crippen LogP contribution is -2.38. The van der Waals surface area contributed by atoms with Gasteiger partial charge in [-0.1, -0.05) is 19.9 Å². The van der Waals surface area contributed by atoms with Gasteiger partial charge in [-0.3, -0.25) is 4.79 Å². The normalized spacial score (nSPS) is 14.9. The van der Waals surface area contributed by atoms with Crippen LogP contribution in [0, 0.1) is 0 Å². The summed E-state index contributed by atoms with van der Waals surface area (Å²) in [6.07, 6.45) is -3.54. The van der Waals surface area contributed by atoms with Gasteiger partial charge in [-0.05, 0) is 57.7 Å². The second-order valence-electron chi connectivity index (χ2n) is 8.17. The Hall–Kier alpha value is -3.54. The zero-order chi connectivity index (χ0) is 27.4. The van der Waals surface area contributed by atoms with Gasteiger partial charge in [-0.2, -0.15) is 0 Å². The maximum absolute atomic E-state index is 12.3. The van der Waals surface area contributed by atoms with Crippen LogP contribution in [0.4, 0.5) is 14.4 Å². The fraction of sp³-hybridized carbons (Fsp3) is 0.583. The summed E-state index contributed by atoms with van der Waals surface area (Å²) in [5, 5.41) is 9.53. The van der Waals surface area contributed by atoms with E-state index >= 15 is 0 Å². The third-order valence-electron chi connectivity index (χ3n) is 5.30. The van der Waals surface area contributed by atoms with E-state index < -0.39 is 54.7 Å². The van der Waals surface area contributed by atoms with Crippen LogP contribution in [0.25, 0.3) is 0 Å². The Kier molecular flexibility index (Phi) is 12.5. The van der Waals surface area contributed by atoms with Gasteiger partial charge in [-0.25, -0.2) is 14.4 Å². The van der Waals surface area contributed by atoms with Crippen LogP contribution >= 0.6 is 0 Å². The molecule has 12 heteroatoms. The highest BCUT2D eigenvalue weighted by Gasteiger charge is 2.30. The van der Waals surface area contributed by atoms with E-state index in [1.165, 1.54) is 18.2 Å². The number of ether oxygens (including phenoxy) is 6. The van der Waals surface area contributed by atoms with Crippen LogP contribution in [0.5, 0.6) is 11.5 Å². The van der Waals surface area contributed by atoms with E-state index in [-0.39, 0.29) is 17.9 Å². The average molecular weight is 514 g/mol. The Labute approximate surface area is 209 Å². The Morgan fingerprint density at radius 3 is 1.81 bits per heavy atom. The molecule has 0 aliphatic rings. The lowest BCUT2D eigenvalue weighted by atomic mass is 9.87. The van der Waals surface area contributed by atoms with Crippen molar-refractivity contribution in [3.8, 4) is 11.5 Å². The summed E-state index contributed by atoms with van der Waals surface area (Å²) in [5.41, 5.74) is 6.24. The number of carboxylic acid groups (broad SMARTS) is 1. The molecule has 3 N–H and O–H groups in total. The van der Waals surface area contributed by atoms with Gasteiger partial charge < -0.3 is 39.3 Å². The smallest absolute Gasteiger partial charge is 0.480 e. The van der Waals surface area contributed by atoms with Crippen molar-refractivity contribution in [2.75, 3.05) is 7.11 Å². The minimum absolute atomic E-state index is 0.00438. The minimum atomic E-state index is -1.41. The van der Waals surface area contributed by atoms with Crippen LogP contribution in [0.1, 0.15) is 65.4 Å². The van der Waals surface area contributed by atoms with E-state index in [1.54, 1.807) is 20.8 Å². The third-order valence-corrected chi connectivity index (χ3v) is 5.30. The largest absolute Gasteiger partial charge is 0.514 e. The molecular weight excluding hydrogens is 478 g/mol. The highest BCUT2D eigenvalue weighted by atomic mass is 16.8. The predicted octanol–water partition coefficient (Wildman–Crippen LogP) is 4.37. The van der Waals surface area contributed by atoms with E-state index in [4.69, 9.17) is 29.4 Å². The molecule has 0 heterocycles. The molecule has 4 unspecified atom stereocenters. The summed E-state index contributed by atoms with van der Waals surface area (Å²) < 4.78 is 30.2. The molecular formula is C24H35NO11. The Morgan fingerprint density at radius 1 is 0.833 bits per heavy atom. The zero-order valence-electron chi connectivity index (χ0n) is 21.3. The van der Waals surface area contributed by atoms with E-state index in [0.29, 0.717) is 18.4 Å². The van der Waals surface area contributed by atoms with Gasteiger partial charge in [0.05, 0.1) is 7.11 Å². The molecule has 0 fully saturated rings. The molecule has 0 spiro atoms. The van der Waals surface area contributed by atoms with Gasteiger partial charge in [0.15, 0.2) is 11.5 Å². The second kappa shape index (κ2) is 14.8. The molecule has 5 atom stereocenters. The monoisotopic (exact) mass is 513 g/mol. The molecule has 202 valence electrons. The van der Waals surface area contributed by atoms with Gasteiger partial charge >= 0.3 is 24.4 Å². The van der Waals surface area contributed by atoms with Crippen molar-refractivity contribution in [2.24, 2.45) is 5.73 Å². The number of aliphatic carboxylic acids is 1. The first kappa shape index (κ1) is 30.5. The SMILES string of the molecule is CCC(C)OC(=O)Oc1ccc(C(CC(C)OC(=O)OC)[C@H](N)C(=O)O)cc1OC(=O)OC(C)CC. The molecule has 0 amide bonds. The number of rotatable bonds is 12. The molecule has 1 aromatic rings. The Balaban J connectivity index is 3.36. The first-order valence-corrected chi connectivity index (χ1v) is 11.5. The highest BCUT2D eigenvalue weighted by Crippen LogP contribution is 2.35. The van der Waals surface area contributed by atoms with Crippen LogP contribution in [0.15, 0.2) is 18.2 Å². The summed E-state index contributed by atoms with van der Waals surface area (Å²) in [5.74, 6) is -2.57. The van der Waals surface area contributed by atoms with E-state index in [0.717, 1.165) is 7.11 Å². The Bertz CT molecular complexity index is 904. The second-order valence-corrected chi connectivity index (χ2v) is 8.17. The number of hydrogen-bond acceptors (Lipinski definition) is 11. The fourth-order valence-corrected chi connectivity index (χ4v) is 2.92. The van der Waals surface area contributed by atoms with Gasteiger partial charge in [0.25, 0.3) is 0 Å². The van der Waals surface area contributed by atoms with Gasteiger partial charge in [0, 0.05) is 5.92 Å². The third kappa shape index (κ3) is 9.98. The molecule has 0 aliphatic heterocycles. The summed E-state index contributed by atoms with van der Waals surface area (Å²) in [7, 11) is 1.14. The quantitative estimate of drug-likeness (QED) is 0.230. The topological polar surface area (TPSA) is 170 Å². The van der Waals surface area contributed by atoms with Crippen molar-refractivity contribution in [1.29, 1.82) is 0 Å². The van der Waals surface area contributed by atoms with E-state index in [1.807, 2.05) is 13.8 Å². The summed E-state index contributed by atoms with van der Waals surface area (Å²) in [6, 6.07) is 2.67. The van der Waals surface area contributed by atoms with E-state index in [9.17, 15) is 24.3 Å². The number of carbonyl (C=O) groups excluding carboxylic acids is 3. The number of carbonyl (C=O) groups is 4. The lowest BCUT2D eigenvalue weighted by Gasteiger charge is -2.25. The van der Waals surface area contributed by atoms with Crippen molar-refractivity contribution in [1.82, 2.24) is 0 Å². The van der Waals surface area contributed by atoms with Gasteiger partial charge in [0.1, 0.15) is 24.4 Å². The maximum Gasteiger partial charge on any atom is 0.514 e. The molecule has 1 aromatic carbocycles. The lowest BCUT2D eigenvalue weighted by molar-refractivity contribution is -0.139. The average Bonchev–Trinajstić information content (AvgIpc) is 2.82. The number of carboxylic acids is 1. The van der Waals surface area contributed by atoms with Crippen molar-refractivity contribution < 1.29 is 52.7 Å². The summed E-state index contributed by atoms with van der Waals surface area (Å²) >= 11 is 0. The molecule has 0 radical (unpaired) electrons. The number of nitrogens with two attached hydrogens (primary N) is 1. The molecule has 0 saturated heterocycles. The van der Waals surface area contributed by atoms with Gasteiger partial charge in [0.2, 0.25) is 0 Å². The van der Waals surface area contributed by atoms with Crippen molar-refractivity contribution >= 4 is 24.4 Å². The molecule has 36 heavy (non-hydrogen) atoms. The highest BCUT2D eigenvalue weighted by molar-refractivity contribution is 5.75. The first-order valence-electron chi connectivity index (χ1n) is 11.5. The van der Waals surface area contributed by atoms with Crippen molar-refractivity contribution in [3.63, 3.8) is 0 Å². The molecule has 12 nitrogen and oxygen atoms in total. The molecule has 0 saturated carbocycles. The summed E-state index contributed by atoms with van der Waals surface area (Å²) in [4.78, 5) is 47.6. The van der Waals surface area contributed by atoms with Crippen molar-refractivity contribution in [3.05, 3.63) is 23.8 Å². The minimum Gasteiger partial charge on any atom is -0.480 e. The molecule has 0 aromatic heterocycles. The predicted molar refractivity (Wildman–Crippen MR) is 126 cm³/mol. The first-order chi connectivity index (χ1) is 16.9. The molecule has 1 rings (SSSR count). The van der Waals surface area contributed by atoms with Crippen LogP contribution in [-0.2, 0) is 23.7 Å². The van der Waals surface area contributed by atoms with Crippen molar-refractivity contribution in [2.45, 2.75) is 84.2 Å². The number of hydrogen-bond donors (Lipinski definition) is 2. The Morgan fingerprint density at radius 2 is 1.33 bits per heavy atom. The molecule has 0 bridgehead atoms. The van der Waals surface area contributed by atoms with Crippen LogP contribution in [0.3, 0.4) is 0 Å². The summed E-state index contributed by atoms with van der Waals surface area (Å²) in [6.45, 7) is 8.53. The van der Waals surface area contributed by atoms with Crippen LogP contribution in [0.2, 0.25) is 0 Å². The fourth-order valence-electron chi connectivity index (χ4n) is 2.92. The zero-order valence-corrected chi connectivity index (χ0v) is 21.3. The standard InChI is InChI=1S/C24H35NO11/c1-7-13(3)32-23(29)35-18-10-9-16(12-19(18)36-24(30)33-14(4)8-2)17(20(25)21(26)27)11-15(5)34-22(28)31-6/h9-10,12-15,17,20H,7-8,11,25H2,1-6H3,(H,26,27)/t13?,14?,15?,17?,20-/m0/s1. The van der Waals surface area contributed by atoms with E-state index in [2.05, 4.69) is 4.74 Å².